The molecule has 0 N–H and O–H groups in total. The average molecular weight is 349 g/mol. The first-order chi connectivity index (χ1) is 11.2. The highest BCUT2D eigenvalue weighted by Crippen LogP contribution is 2.38. The van der Waals surface area contributed by atoms with Crippen LogP contribution in [-0.2, 0) is 9.59 Å². The summed E-state index contributed by atoms with van der Waals surface area (Å²) in [5.74, 6) is -0.461. The molecular weight excluding hydrogens is 332 g/mol. The Morgan fingerprint density at radius 3 is 2.91 bits per heavy atom. The zero-order chi connectivity index (χ0) is 16.2. The topological polar surface area (TPSA) is 49.7 Å². The Kier molecular flexibility index (Phi) is 5.18. The first-order valence-electron chi connectivity index (χ1n) is 7.56. The highest BCUT2D eigenvalue weighted by molar-refractivity contribution is 7.99. The molecule has 0 aromatic heterocycles. The predicted octanol–water partition coefficient (Wildman–Crippen LogP) is 3.13. The number of dihydropyridines is 1. The van der Waals surface area contributed by atoms with Gasteiger partial charge in [0, 0.05) is 35.3 Å². The van der Waals surface area contributed by atoms with Crippen LogP contribution in [0.5, 0.6) is 0 Å². The molecule has 0 aliphatic carbocycles. The number of aliphatic imine (C=N–C) groups is 1. The van der Waals surface area contributed by atoms with Crippen molar-refractivity contribution >= 4 is 41.4 Å². The Hall–Kier alpha value is -1.59. The van der Waals surface area contributed by atoms with E-state index in [1.807, 2.05) is 36.0 Å². The molecule has 2 amide bonds. The number of thioether (sulfide) groups is 1. The lowest BCUT2D eigenvalue weighted by molar-refractivity contribution is -0.138. The molecule has 2 aliphatic rings. The van der Waals surface area contributed by atoms with Gasteiger partial charge < -0.3 is 4.90 Å². The first-order valence-corrected chi connectivity index (χ1v) is 8.99. The van der Waals surface area contributed by atoms with Gasteiger partial charge in [-0.1, -0.05) is 35.9 Å². The van der Waals surface area contributed by atoms with E-state index in [1.54, 1.807) is 17.1 Å². The summed E-state index contributed by atoms with van der Waals surface area (Å²) in [5.41, 5.74) is 1.12. The third kappa shape index (κ3) is 3.67. The summed E-state index contributed by atoms with van der Waals surface area (Å²) in [4.78, 5) is 29.8. The molecular formula is C17H17ClN2O2S. The van der Waals surface area contributed by atoms with Gasteiger partial charge in [-0.3, -0.25) is 9.59 Å². The quantitative estimate of drug-likeness (QED) is 0.771. The maximum Gasteiger partial charge on any atom is 0.262 e. The minimum Gasteiger partial charge on any atom is -0.341 e. The zero-order valence-electron chi connectivity index (χ0n) is 12.5. The minimum absolute atomic E-state index is 0.150. The second-order valence-corrected chi connectivity index (χ2v) is 7.19. The summed E-state index contributed by atoms with van der Waals surface area (Å²) in [6, 6.07) is 7.85. The summed E-state index contributed by atoms with van der Waals surface area (Å²) in [7, 11) is 0. The smallest absolute Gasteiger partial charge is 0.262 e. The van der Waals surface area contributed by atoms with Crippen molar-refractivity contribution in [3.8, 4) is 0 Å². The molecule has 23 heavy (non-hydrogen) atoms. The van der Waals surface area contributed by atoms with E-state index in [1.165, 1.54) is 6.21 Å². The van der Waals surface area contributed by atoms with E-state index in [9.17, 15) is 9.59 Å². The lowest BCUT2D eigenvalue weighted by atomic mass is 10.0. The number of amides is 2. The van der Waals surface area contributed by atoms with Crippen molar-refractivity contribution in [2.45, 2.75) is 11.7 Å². The molecule has 2 unspecified atom stereocenters. The maximum atomic E-state index is 12.6. The summed E-state index contributed by atoms with van der Waals surface area (Å²) < 4.78 is 0. The fourth-order valence-electron chi connectivity index (χ4n) is 2.80. The predicted molar refractivity (Wildman–Crippen MR) is 94.0 cm³/mol. The fraction of sp³-hybridized carbons (Fsp3) is 0.353. The van der Waals surface area contributed by atoms with Crippen molar-refractivity contribution in [2.24, 2.45) is 10.9 Å². The van der Waals surface area contributed by atoms with Crippen molar-refractivity contribution in [1.29, 1.82) is 0 Å². The van der Waals surface area contributed by atoms with Crippen molar-refractivity contribution in [1.82, 2.24) is 4.90 Å². The third-order valence-corrected chi connectivity index (χ3v) is 5.68. The number of halogens is 1. The van der Waals surface area contributed by atoms with Crippen LogP contribution < -0.4 is 0 Å². The van der Waals surface area contributed by atoms with E-state index in [4.69, 9.17) is 11.6 Å². The van der Waals surface area contributed by atoms with E-state index >= 15 is 0 Å². The molecule has 0 spiro atoms. The van der Waals surface area contributed by atoms with Crippen LogP contribution in [-0.4, -0.2) is 41.8 Å². The number of allylic oxidation sites excluding steroid dienone is 1. The molecule has 1 saturated heterocycles. The Balaban J connectivity index is 1.68. The van der Waals surface area contributed by atoms with Crippen molar-refractivity contribution in [2.75, 3.05) is 18.8 Å². The maximum absolute atomic E-state index is 12.6. The largest absolute Gasteiger partial charge is 0.341 e. The lowest BCUT2D eigenvalue weighted by Gasteiger charge is -2.23. The number of hydrogen-bond donors (Lipinski definition) is 0. The summed E-state index contributed by atoms with van der Waals surface area (Å²) in [6.45, 7) is 1.27. The van der Waals surface area contributed by atoms with Crippen LogP contribution in [0.4, 0.5) is 0 Å². The second-order valence-electron chi connectivity index (χ2n) is 5.47. The van der Waals surface area contributed by atoms with Gasteiger partial charge in [0.2, 0.25) is 5.91 Å². The van der Waals surface area contributed by atoms with Gasteiger partial charge in [0.25, 0.3) is 5.91 Å². The van der Waals surface area contributed by atoms with Gasteiger partial charge in [-0.2, -0.15) is 11.8 Å². The molecule has 0 radical (unpaired) electrons. The molecule has 6 heteroatoms. The fourth-order valence-corrected chi connectivity index (χ4v) is 4.40. The molecule has 1 aromatic carbocycles. The van der Waals surface area contributed by atoms with Crippen LogP contribution >= 0.6 is 23.4 Å². The van der Waals surface area contributed by atoms with Gasteiger partial charge in [0.05, 0.1) is 0 Å². The number of nitrogens with zero attached hydrogens (tertiary/aromatic N) is 2. The highest BCUT2D eigenvalue weighted by atomic mass is 35.5. The van der Waals surface area contributed by atoms with Crippen molar-refractivity contribution in [3.05, 3.63) is 47.0 Å². The number of benzene rings is 1. The number of rotatable bonds is 2. The van der Waals surface area contributed by atoms with Gasteiger partial charge in [-0.25, -0.2) is 4.99 Å². The van der Waals surface area contributed by atoms with E-state index in [0.29, 0.717) is 13.1 Å². The molecule has 1 aromatic rings. The number of carbonyl (C=O) groups is 2. The van der Waals surface area contributed by atoms with Crippen LogP contribution in [0, 0.1) is 5.92 Å². The summed E-state index contributed by atoms with van der Waals surface area (Å²) in [5, 5.41) is 1.04. The Morgan fingerprint density at radius 1 is 1.30 bits per heavy atom. The van der Waals surface area contributed by atoms with Gasteiger partial charge in [-0.15, -0.1) is 0 Å². The van der Waals surface area contributed by atoms with Crippen molar-refractivity contribution in [3.63, 3.8) is 0 Å². The van der Waals surface area contributed by atoms with E-state index in [2.05, 4.69) is 4.99 Å². The Bertz CT molecular complexity index is 674. The minimum atomic E-state index is -0.762. The third-order valence-electron chi connectivity index (χ3n) is 4.03. The van der Waals surface area contributed by atoms with E-state index < -0.39 is 5.92 Å². The van der Waals surface area contributed by atoms with Crippen molar-refractivity contribution < 1.29 is 9.59 Å². The number of carbonyl (C=O) groups excluding carboxylic acids is 2. The number of hydrogen-bond acceptors (Lipinski definition) is 3. The lowest BCUT2D eigenvalue weighted by Crippen LogP contribution is -2.40. The van der Waals surface area contributed by atoms with Crippen LogP contribution in [0.15, 0.2) is 41.4 Å². The molecule has 4 nitrogen and oxygen atoms in total. The Morgan fingerprint density at radius 2 is 2.13 bits per heavy atom. The molecule has 2 atom stereocenters. The monoisotopic (exact) mass is 348 g/mol. The van der Waals surface area contributed by atoms with Crippen LogP contribution in [0.2, 0.25) is 5.02 Å². The molecule has 0 bridgehead atoms. The SMILES string of the molecule is O=C1N=CC=CC1C(=O)N1CCSC(c2ccccc2Cl)CC1. The Labute approximate surface area is 144 Å². The second kappa shape index (κ2) is 7.32. The highest BCUT2D eigenvalue weighted by Gasteiger charge is 2.31. The van der Waals surface area contributed by atoms with Crippen LogP contribution in [0.25, 0.3) is 0 Å². The molecule has 2 heterocycles. The molecule has 2 aliphatic heterocycles. The van der Waals surface area contributed by atoms with Gasteiger partial charge in [0.15, 0.2) is 0 Å². The van der Waals surface area contributed by atoms with Gasteiger partial charge >= 0.3 is 0 Å². The van der Waals surface area contributed by atoms with Gasteiger partial charge in [-0.05, 0) is 24.1 Å². The molecule has 3 rings (SSSR count). The normalized spacial score (nSPS) is 24.6. The zero-order valence-corrected chi connectivity index (χ0v) is 14.1. The molecule has 1 fully saturated rings. The average Bonchev–Trinajstić information content (AvgIpc) is 2.81. The van der Waals surface area contributed by atoms with E-state index in [0.717, 1.165) is 22.8 Å². The standard InChI is InChI=1S/C17H17ClN2O2S/c18-14-6-2-1-4-12(14)15-7-9-20(10-11-23-15)17(22)13-5-3-8-19-16(13)21/h1-6,8,13,15H,7,9-11H2. The summed E-state index contributed by atoms with van der Waals surface area (Å²) in [6.07, 6.45) is 5.54. The summed E-state index contributed by atoms with van der Waals surface area (Å²) >= 11 is 8.10. The molecule has 120 valence electrons. The van der Waals surface area contributed by atoms with E-state index in [-0.39, 0.29) is 17.1 Å². The van der Waals surface area contributed by atoms with Crippen LogP contribution in [0.1, 0.15) is 17.2 Å². The first kappa shape index (κ1) is 16.3. The van der Waals surface area contributed by atoms with Gasteiger partial charge in [0.1, 0.15) is 5.92 Å². The molecule has 0 saturated carbocycles. The van der Waals surface area contributed by atoms with Crippen LogP contribution in [0.3, 0.4) is 0 Å².